The topological polar surface area (TPSA) is 29.3 Å². The smallest absolute Gasteiger partial charge is 0.123 e. The summed E-state index contributed by atoms with van der Waals surface area (Å²) in [6.07, 6.45) is 2.20. The van der Waals surface area contributed by atoms with Gasteiger partial charge in [0.05, 0.1) is 6.04 Å². The molecule has 0 amide bonds. The number of piperidine rings is 1. The van der Waals surface area contributed by atoms with Crippen LogP contribution in [-0.2, 0) is 0 Å². The summed E-state index contributed by atoms with van der Waals surface area (Å²) < 4.78 is 13.2. The van der Waals surface area contributed by atoms with Crippen molar-refractivity contribution < 1.29 is 4.39 Å². The lowest BCUT2D eigenvalue weighted by molar-refractivity contribution is 0.171. The van der Waals surface area contributed by atoms with Crippen molar-refractivity contribution in [1.82, 2.24) is 4.90 Å². The predicted molar refractivity (Wildman–Crippen MR) is 83.5 cm³/mol. The lowest BCUT2D eigenvalue weighted by Gasteiger charge is -2.37. The summed E-state index contributed by atoms with van der Waals surface area (Å²) in [4.78, 5) is 2.41. The highest BCUT2D eigenvalue weighted by molar-refractivity contribution is 5.32. The fourth-order valence-corrected chi connectivity index (χ4v) is 3.17. The molecule has 3 heteroatoms. The molecule has 0 aliphatic carbocycles. The summed E-state index contributed by atoms with van der Waals surface area (Å²) in [5.74, 6) is -0.194. The fraction of sp³-hybridized carbons (Fsp3) is 0.333. The van der Waals surface area contributed by atoms with E-state index in [1.165, 1.54) is 17.7 Å². The molecule has 0 bridgehead atoms. The lowest BCUT2D eigenvalue weighted by Crippen LogP contribution is -2.44. The largest absolute Gasteiger partial charge is 0.327 e. The van der Waals surface area contributed by atoms with Gasteiger partial charge in [-0.05, 0) is 42.6 Å². The van der Waals surface area contributed by atoms with Crippen LogP contribution in [0.15, 0.2) is 54.6 Å². The Kier molecular flexibility index (Phi) is 4.32. The molecule has 1 saturated heterocycles. The molecule has 2 aromatic rings. The van der Waals surface area contributed by atoms with Crippen molar-refractivity contribution >= 4 is 0 Å². The highest BCUT2D eigenvalue weighted by atomic mass is 19.1. The molecule has 2 N–H and O–H groups in total. The van der Waals surface area contributed by atoms with Crippen molar-refractivity contribution in [2.75, 3.05) is 13.1 Å². The SMILES string of the molecule is NC1CCCN(C(c2ccccc2)c2ccc(F)cc2)C1. The van der Waals surface area contributed by atoms with Gasteiger partial charge in [0.25, 0.3) is 0 Å². The molecule has 0 radical (unpaired) electrons. The normalized spacial score (nSPS) is 21.1. The highest BCUT2D eigenvalue weighted by Crippen LogP contribution is 2.30. The maximum absolute atomic E-state index is 13.2. The van der Waals surface area contributed by atoms with Gasteiger partial charge in [-0.3, -0.25) is 4.90 Å². The van der Waals surface area contributed by atoms with E-state index in [0.29, 0.717) is 0 Å². The quantitative estimate of drug-likeness (QED) is 0.936. The fourth-order valence-electron chi connectivity index (χ4n) is 3.17. The van der Waals surface area contributed by atoms with E-state index in [4.69, 9.17) is 5.73 Å². The van der Waals surface area contributed by atoms with Gasteiger partial charge in [0.1, 0.15) is 5.82 Å². The number of nitrogens with two attached hydrogens (primary N) is 1. The minimum Gasteiger partial charge on any atom is -0.327 e. The molecular formula is C18H21FN2. The van der Waals surface area contributed by atoms with Crippen molar-refractivity contribution in [2.24, 2.45) is 5.73 Å². The Morgan fingerprint density at radius 3 is 2.33 bits per heavy atom. The number of hydrogen-bond donors (Lipinski definition) is 1. The molecule has 0 saturated carbocycles. The van der Waals surface area contributed by atoms with Gasteiger partial charge < -0.3 is 5.73 Å². The van der Waals surface area contributed by atoms with Crippen LogP contribution in [0.3, 0.4) is 0 Å². The first-order valence-electron chi connectivity index (χ1n) is 7.54. The third-order valence-corrected chi connectivity index (χ3v) is 4.16. The molecule has 1 fully saturated rings. The second kappa shape index (κ2) is 6.37. The van der Waals surface area contributed by atoms with E-state index < -0.39 is 0 Å². The maximum Gasteiger partial charge on any atom is 0.123 e. The zero-order valence-electron chi connectivity index (χ0n) is 12.1. The van der Waals surface area contributed by atoms with E-state index in [-0.39, 0.29) is 17.9 Å². The zero-order chi connectivity index (χ0) is 14.7. The zero-order valence-corrected chi connectivity index (χ0v) is 12.1. The highest BCUT2D eigenvalue weighted by Gasteiger charge is 2.26. The van der Waals surface area contributed by atoms with E-state index in [9.17, 15) is 4.39 Å². The molecule has 2 unspecified atom stereocenters. The first kappa shape index (κ1) is 14.2. The van der Waals surface area contributed by atoms with Crippen molar-refractivity contribution in [3.8, 4) is 0 Å². The van der Waals surface area contributed by atoms with Gasteiger partial charge in [-0.1, -0.05) is 42.5 Å². The average Bonchev–Trinajstić information content (AvgIpc) is 2.51. The minimum atomic E-state index is -0.194. The van der Waals surface area contributed by atoms with Crippen LogP contribution >= 0.6 is 0 Å². The molecule has 3 rings (SSSR count). The van der Waals surface area contributed by atoms with Gasteiger partial charge in [0.15, 0.2) is 0 Å². The summed E-state index contributed by atoms with van der Waals surface area (Å²) >= 11 is 0. The Hall–Kier alpha value is -1.71. The van der Waals surface area contributed by atoms with Crippen LogP contribution in [0.1, 0.15) is 30.0 Å². The van der Waals surface area contributed by atoms with Gasteiger partial charge in [-0.25, -0.2) is 4.39 Å². The van der Waals surface area contributed by atoms with Crippen LogP contribution in [0.5, 0.6) is 0 Å². The summed E-state index contributed by atoms with van der Waals surface area (Å²) in [5, 5.41) is 0. The van der Waals surface area contributed by atoms with Crippen LogP contribution in [-0.4, -0.2) is 24.0 Å². The van der Waals surface area contributed by atoms with Crippen molar-refractivity contribution in [3.05, 3.63) is 71.5 Å². The molecule has 110 valence electrons. The standard InChI is InChI=1S/C18H21FN2/c19-16-10-8-15(9-11-16)18(14-5-2-1-3-6-14)21-12-4-7-17(20)13-21/h1-3,5-6,8-11,17-18H,4,7,12-13,20H2. The Labute approximate surface area is 125 Å². The molecule has 1 aliphatic rings. The van der Waals surface area contributed by atoms with Gasteiger partial charge in [-0.2, -0.15) is 0 Å². The Morgan fingerprint density at radius 1 is 1.00 bits per heavy atom. The number of benzene rings is 2. The van der Waals surface area contributed by atoms with Crippen LogP contribution in [0, 0.1) is 5.82 Å². The third-order valence-electron chi connectivity index (χ3n) is 4.16. The first-order chi connectivity index (χ1) is 10.2. The number of halogens is 1. The molecule has 1 heterocycles. The van der Waals surface area contributed by atoms with Crippen LogP contribution < -0.4 is 5.73 Å². The molecule has 2 nitrogen and oxygen atoms in total. The van der Waals surface area contributed by atoms with Gasteiger partial charge in [-0.15, -0.1) is 0 Å². The third kappa shape index (κ3) is 3.31. The van der Waals surface area contributed by atoms with E-state index in [2.05, 4.69) is 29.2 Å². The van der Waals surface area contributed by atoms with E-state index in [1.54, 1.807) is 0 Å². The van der Waals surface area contributed by atoms with Crippen molar-refractivity contribution in [1.29, 1.82) is 0 Å². The summed E-state index contributed by atoms with van der Waals surface area (Å²) in [6.45, 7) is 1.92. The summed E-state index contributed by atoms with van der Waals surface area (Å²) in [6, 6.07) is 17.6. The summed E-state index contributed by atoms with van der Waals surface area (Å²) in [5.41, 5.74) is 8.50. The number of hydrogen-bond acceptors (Lipinski definition) is 2. The van der Waals surface area contributed by atoms with Gasteiger partial charge in [0, 0.05) is 12.6 Å². The van der Waals surface area contributed by atoms with Crippen LogP contribution in [0.4, 0.5) is 4.39 Å². The van der Waals surface area contributed by atoms with Crippen molar-refractivity contribution in [2.45, 2.75) is 24.9 Å². The van der Waals surface area contributed by atoms with E-state index in [1.807, 2.05) is 18.2 Å². The van der Waals surface area contributed by atoms with E-state index >= 15 is 0 Å². The molecule has 21 heavy (non-hydrogen) atoms. The second-order valence-electron chi connectivity index (χ2n) is 5.76. The molecule has 0 aromatic heterocycles. The molecule has 1 aliphatic heterocycles. The lowest BCUT2D eigenvalue weighted by atomic mass is 9.94. The Balaban J connectivity index is 1.96. The monoisotopic (exact) mass is 284 g/mol. The Morgan fingerprint density at radius 2 is 1.67 bits per heavy atom. The van der Waals surface area contributed by atoms with Gasteiger partial charge in [0.2, 0.25) is 0 Å². The van der Waals surface area contributed by atoms with Crippen LogP contribution in [0.2, 0.25) is 0 Å². The number of likely N-dealkylation sites (tertiary alicyclic amines) is 1. The molecule has 0 spiro atoms. The number of rotatable bonds is 3. The molecular weight excluding hydrogens is 263 g/mol. The summed E-state index contributed by atoms with van der Waals surface area (Å²) in [7, 11) is 0. The second-order valence-corrected chi connectivity index (χ2v) is 5.76. The van der Waals surface area contributed by atoms with E-state index in [0.717, 1.165) is 31.5 Å². The Bertz CT molecular complexity index is 568. The maximum atomic E-state index is 13.2. The van der Waals surface area contributed by atoms with Gasteiger partial charge >= 0.3 is 0 Å². The van der Waals surface area contributed by atoms with Crippen LogP contribution in [0.25, 0.3) is 0 Å². The predicted octanol–water partition coefficient (Wildman–Crippen LogP) is 3.34. The average molecular weight is 284 g/mol. The first-order valence-corrected chi connectivity index (χ1v) is 7.54. The number of nitrogens with zero attached hydrogens (tertiary/aromatic N) is 1. The minimum absolute atomic E-state index is 0.151. The molecule has 2 atom stereocenters. The molecule has 2 aromatic carbocycles. The van der Waals surface area contributed by atoms with Crippen molar-refractivity contribution in [3.63, 3.8) is 0 Å².